The first-order valence-electron chi connectivity index (χ1n) is 6.79. The molecule has 1 aromatic carbocycles. The number of nitrogens with zero attached hydrogens (tertiary/aromatic N) is 2. The van der Waals surface area contributed by atoms with E-state index in [0.29, 0.717) is 6.42 Å². The molecule has 0 spiro atoms. The second-order valence-corrected chi connectivity index (χ2v) is 4.26. The molecule has 1 aromatic rings. The quantitative estimate of drug-likeness (QED) is 0.253. The molecule has 0 aliphatic carbocycles. The monoisotopic (exact) mass is 290 g/mol. The lowest BCUT2D eigenvalue weighted by molar-refractivity contribution is -0.152. The smallest absolute Gasteiger partial charge is 0.457 e. The van der Waals surface area contributed by atoms with Gasteiger partial charge in [0.15, 0.2) is 0 Å². The van der Waals surface area contributed by atoms with Gasteiger partial charge >= 0.3 is 17.7 Å². The van der Waals surface area contributed by atoms with Crippen LogP contribution in [0.1, 0.15) is 38.4 Å². The highest BCUT2D eigenvalue weighted by Gasteiger charge is 2.35. The summed E-state index contributed by atoms with van der Waals surface area (Å²) in [6.45, 7) is 3.61. The van der Waals surface area contributed by atoms with Crippen LogP contribution in [0.15, 0.2) is 30.3 Å². The molecule has 1 atom stereocenters. The third kappa shape index (κ3) is 4.85. The van der Waals surface area contributed by atoms with Gasteiger partial charge in [-0.3, -0.25) is 0 Å². The van der Waals surface area contributed by atoms with E-state index in [0.717, 1.165) is 12.0 Å². The van der Waals surface area contributed by atoms with Gasteiger partial charge in [-0.2, -0.15) is 4.79 Å². The predicted molar refractivity (Wildman–Crippen MR) is 75.4 cm³/mol. The Bertz CT molecular complexity index is 536. The van der Waals surface area contributed by atoms with Crippen molar-refractivity contribution in [1.29, 1.82) is 0 Å². The summed E-state index contributed by atoms with van der Waals surface area (Å²) in [7, 11) is 0. The molecule has 6 heteroatoms. The fourth-order valence-corrected chi connectivity index (χ4v) is 1.77. The van der Waals surface area contributed by atoms with Crippen molar-refractivity contribution in [3.05, 3.63) is 41.4 Å². The zero-order valence-electron chi connectivity index (χ0n) is 12.1. The fraction of sp³-hybridized carbons (Fsp3) is 0.400. The van der Waals surface area contributed by atoms with Crippen LogP contribution in [0.4, 0.5) is 0 Å². The maximum Gasteiger partial charge on any atom is 0.482 e. The van der Waals surface area contributed by atoms with E-state index in [9.17, 15) is 9.59 Å². The summed E-state index contributed by atoms with van der Waals surface area (Å²) in [6.07, 6.45) is 0.879. The highest BCUT2D eigenvalue weighted by molar-refractivity contribution is 6.60. The summed E-state index contributed by atoms with van der Waals surface area (Å²) in [5.74, 6) is -2.01. The first-order chi connectivity index (χ1) is 10.1. The lowest BCUT2D eigenvalue weighted by atomic mass is 10.1. The average molecular weight is 290 g/mol. The number of esters is 2. The van der Waals surface area contributed by atoms with Gasteiger partial charge in [-0.25, -0.2) is 9.59 Å². The molecule has 0 aliphatic rings. The Labute approximate surface area is 123 Å². The third-order valence-corrected chi connectivity index (χ3v) is 2.73. The average Bonchev–Trinajstić information content (AvgIpc) is 2.48. The molecule has 0 saturated carbocycles. The van der Waals surface area contributed by atoms with Crippen LogP contribution in [-0.2, 0) is 19.1 Å². The number of carbonyl (C=O) groups excluding carboxylic acids is 2. The van der Waals surface area contributed by atoms with Gasteiger partial charge in [0.05, 0.1) is 6.61 Å². The van der Waals surface area contributed by atoms with Crippen LogP contribution < -0.4 is 0 Å². The number of hydrogen-bond donors (Lipinski definition) is 0. The van der Waals surface area contributed by atoms with E-state index in [1.807, 2.05) is 37.3 Å². The fourth-order valence-electron chi connectivity index (χ4n) is 1.77. The summed E-state index contributed by atoms with van der Waals surface area (Å²) in [5, 5.41) is 0. The topological polar surface area (TPSA) is 89.0 Å². The van der Waals surface area contributed by atoms with Gasteiger partial charge in [0.25, 0.3) is 0 Å². The summed E-state index contributed by atoms with van der Waals surface area (Å²) in [4.78, 5) is 26.1. The summed E-state index contributed by atoms with van der Waals surface area (Å²) in [5.41, 5.74) is 8.85. The highest BCUT2D eigenvalue weighted by atomic mass is 16.6. The molecule has 0 aliphatic heterocycles. The van der Waals surface area contributed by atoms with Crippen LogP contribution in [0, 0.1) is 0 Å². The Kier molecular flexibility index (Phi) is 6.84. The minimum absolute atomic E-state index is 0.0716. The molecule has 0 aromatic heterocycles. The van der Waals surface area contributed by atoms with E-state index in [1.165, 1.54) is 0 Å². The number of rotatable bonds is 7. The number of ether oxygens (including phenoxy) is 2. The maximum atomic E-state index is 11.9. The Morgan fingerprint density at radius 1 is 1.19 bits per heavy atom. The van der Waals surface area contributed by atoms with E-state index in [2.05, 4.69) is 9.53 Å². The largest absolute Gasteiger partial charge is 0.482 e. The normalized spacial score (nSPS) is 11.1. The Hall–Kier alpha value is -2.46. The summed E-state index contributed by atoms with van der Waals surface area (Å²) >= 11 is 0. The molecule has 0 radical (unpaired) electrons. The number of carbonyl (C=O) groups is 2. The second-order valence-electron chi connectivity index (χ2n) is 4.26. The van der Waals surface area contributed by atoms with Crippen molar-refractivity contribution in [1.82, 2.24) is 0 Å². The van der Waals surface area contributed by atoms with Crippen molar-refractivity contribution in [2.75, 3.05) is 6.61 Å². The van der Waals surface area contributed by atoms with Gasteiger partial charge in [0.1, 0.15) is 6.10 Å². The minimum Gasteiger partial charge on any atom is -0.457 e. The van der Waals surface area contributed by atoms with Gasteiger partial charge in [0.2, 0.25) is 0 Å². The van der Waals surface area contributed by atoms with Gasteiger partial charge in [-0.05, 0) is 18.9 Å². The van der Waals surface area contributed by atoms with Crippen molar-refractivity contribution in [2.24, 2.45) is 0 Å². The minimum atomic E-state index is -1.01. The summed E-state index contributed by atoms with van der Waals surface area (Å²) in [6, 6.07) is 9.17. The van der Waals surface area contributed by atoms with E-state index in [1.54, 1.807) is 6.92 Å². The SMILES string of the molecule is CCC[C@H](OC(=O)C(=[N+]=[N-])C(=O)OCC)c1ccccc1. The van der Waals surface area contributed by atoms with E-state index < -0.39 is 23.8 Å². The molecule has 0 bridgehead atoms. The zero-order chi connectivity index (χ0) is 15.7. The maximum absolute atomic E-state index is 11.9. The second kappa shape index (κ2) is 8.66. The molecular formula is C15H18N2O4. The molecule has 1 rings (SSSR count). The third-order valence-electron chi connectivity index (χ3n) is 2.73. The van der Waals surface area contributed by atoms with Crippen LogP contribution >= 0.6 is 0 Å². The lowest BCUT2D eigenvalue weighted by Gasteiger charge is -2.16. The standard InChI is InChI=1S/C15H18N2O4/c1-3-8-12(11-9-6-5-7-10-11)21-15(19)13(17-16)14(18)20-4-2/h5-7,9-10,12H,3-4,8H2,1-2H3/t12-/m0/s1. The molecular weight excluding hydrogens is 272 g/mol. The molecule has 0 unspecified atom stereocenters. The van der Waals surface area contributed by atoms with Gasteiger partial charge in [0, 0.05) is 0 Å². The van der Waals surface area contributed by atoms with Crippen molar-refractivity contribution in [3.8, 4) is 0 Å². The number of benzene rings is 1. The van der Waals surface area contributed by atoms with E-state index in [4.69, 9.17) is 10.3 Å². The van der Waals surface area contributed by atoms with Crippen molar-refractivity contribution in [3.63, 3.8) is 0 Å². The van der Waals surface area contributed by atoms with Crippen LogP contribution in [0.5, 0.6) is 0 Å². The molecule has 112 valence electrons. The number of hydrogen-bond acceptors (Lipinski definition) is 4. The van der Waals surface area contributed by atoms with Gasteiger partial charge < -0.3 is 15.0 Å². The Balaban J connectivity index is 2.86. The van der Waals surface area contributed by atoms with Crippen molar-refractivity contribution < 1.29 is 23.9 Å². The van der Waals surface area contributed by atoms with Crippen LogP contribution in [0.2, 0.25) is 0 Å². The molecule has 0 amide bonds. The highest BCUT2D eigenvalue weighted by Crippen LogP contribution is 2.22. The first kappa shape index (κ1) is 16.6. The van der Waals surface area contributed by atoms with Crippen LogP contribution in [0.25, 0.3) is 5.53 Å². The lowest BCUT2D eigenvalue weighted by Crippen LogP contribution is -2.30. The molecule has 0 N–H and O–H groups in total. The molecule has 0 fully saturated rings. The predicted octanol–water partition coefficient (Wildman–Crippen LogP) is 2.30. The first-order valence-corrected chi connectivity index (χ1v) is 6.79. The van der Waals surface area contributed by atoms with Crippen LogP contribution in [0.3, 0.4) is 0 Å². The van der Waals surface area contributed by atoms with E-state index in [-0.39, 0.29) is 6.61 Å². The zero-order valence-corrected chi connectivity index (χ0v) is 12.1. The molecule has 0 heterocycles. The molecule has 21 heavy (non-hydrogen) atoms. The molecule has 0 saturated heterocycles. The van der Waals surface area contributed by atoms with Crippen LogP contribution in [-0.4, -0.2) is 29.0 Å². The van der Waals surface area contributed by atoms with E-state index >= 15 is 0 Å². The van der Waals surface area contributed by atoms with Gasteiger partial charge in [-0.1, -0.05) is 43.7 Å². The molecule has 6 nitrogen and oxygen atoms in total. The summed E-state index contributed by atoms with van der Waals surface area (Å²) < 4.78 is 9.90. The van der Waals surface area contributed by atoms with Crippen molar-refractivity contribution >= 4 is 17.7 Å². The Morgan fingerprint density at radius 2 is 1.86 bits per heavy atom. The van der Waals surface area contributed by atoms with Gasteiger partial charge in [-0.15, -0.1) is 0 Å². The Morgan fingerprint density at radius 3 is 2.38 bits per heavy atom. The van der Waals surface area contributed by atoms with Crippen molar-refractivity contribution in [2.45, 2.75) is 32.8 Å².